The highest BCUT2D eigenvalue weighted by atomic mass is 16.3. The molecule has 0 unspecified atom stereocenters. The minimum atomic E-state index is 0.143. The molecular formula is C113H126N12O2. The van der Waals surface area contributed by atoms with Gasteiger partial charge in [0.05, 0.1) is 28.8 Å². The van der Waals surface area contributed by atoms with Crippen molar-refractivity contribution in [3.05, 3.63) is 385 Å². The average Bonchev–Trinajstić information content (AvgIpc) is 1.59. The molecule has 15 aromatic rings. The second-order valence-electron chi connectivity index (χ2n) is 35.4. The summed E-state index contributed by atoms with van der Waals surface area (Å²) in [6, 6.07) is 91.4. The van der Waals surface area contributed by atoms with Crippen LogP contribution in [0, 0.1) is 41.5 Å². The molecule has 0 amide bonds. The number of benzene rings is 12. The summed E-state index contributed by atoms with van der Waals surface area (Å²) in [5.74, 6) is 1.92. The van der Waals surface area contributed by atoms with Gasteiger partial charge in [0, 0.05) is 137 Å². The van der Waals surface area contributed by atoms with Crippen molar-refractivity contribution in [2.75, 3.05) is 53.3 Å². The van der Waals surface area contributed by atoms with E-state index in [1.807, 2.05) is 59.4 Å². The molecule has 14 heteroatoms. The number of aryl methyl sites for hydroxylation is 6. The Hall–Kier alpha value is -13.6. The smallest absolute Gasteiger partial charge is 0.159 e. The van der Waals surface area contributed by atoms with E-state index in [-0.39, 0.29) is 12.3 Å². The summed E-state index contributed by atoms with van der Waals surface area (Å²) in [7, 11) is 4.19. The summed E-state index contributed by atoms with van der Waals surface area (Å²) in [6.45, 7) is 42.3. The minimum absolute atomic E-state index is 0.143. The van der Waals surface area contributed by atoms with E-state index in [4.69, 9.17) is 8.83 Å². The third-order valence-electron chi connectivity index (χ3n) is 25.7. The van der Waals surface area contributed by atoms with E-state index in [1.165, 1.54) is 117 Å². The van der Waals surface area contributed by atoms with Crippen molar-refractivity contribution in [1.82, 2.24) is 19.6 Å². The second-order valence-corrected chi connectivity index (χ2v) is 35.4. The van der Waals surface area contributed by atoms with Gasteiger partial charge < -0.3 is 57.8 Å². The van der Waals surface area contributed by atoms with Crippen LogP contribution in [0.3, 0.4) is 0 Å². The molecule has 3 aromatic heterocycles. The van der Waals surface area contributed by atoms with Crippen LogP contribution in [-0.2, 0) is 0 Å². The molecule has 0 radical (unpaired) electrons. The standard InChI is InChI=1S/C29H32N2O.C23H30N2.C18H18N2O.C17H18N2.C14H12N2.C12H16N2/c1-18(2)22-11-9-12-23(19(3)4)28(22)31-17-16-30(21(31)6)27-20(5)14-15-25-24-10-7-8-13-26(24)32-29(25)27;1-16(2)20-11-9-12-21(17(3)4)23(20)25-15-14-24(19(25)6)22-13-8-7-10-18(22)5;1-12-8-9-15-14-6-4-5-7-16(14)21-18(15)17(12)20-11-10-19(3)13(20)2;1-14-8-6-7-11-17(14)19-13-12-18(15(19)2)16-9-4-3-5-10-16;1-11-6-2-4-8-13(11)16-14-9-5-3-7-12(14)10-15-16;1-10-6-4-5-7-12(10)14-9-8-13(3)11(14)2/h7-19,21H,1-6H3;7-17,19H,1-6H3;4-11,13H,1-3H3;3-13,15H,1-2H3;2-10H,1H3;4-9,11H,1-3H3/t21-;19-;13-;15-;;11-/m1100.0/s1. The molecule has 12 aromatic carbocycles. The fraction of sp³-hybridized carbons (Fsp3) is 0.265. The lowest BCUT2D eigenvalue weighted by Gasteiger charge is -2.34. The molecule has 5 aliphatic heterocycles. The zero-order valence-corrected chi connectivity index (χ0v) is 78.1. The Morgan fingerprint density at radius 3 is 0.984 bits per heavy atom. The van der Waals surface area contributed by atoms with Gasteiger partial charge in [-0.15, -0.1) is 0 Å². The van der Waals surface area contributed by atoms with Gasteiger partial charge in [0.25, 0.3) is 0 Å². The van der Waals surface area contributed by atoms with Gasteiger partial charge in [-0.05, 0) is 210 Å². The molecule has 0 bridgehead atoms. The molecule has 8 heterocycles. The summed E-state index contributed by atoms with van der Waals surface area (Å²) in [4.78, 5) is 23.2. The highest BCUT2D eigenvalue weighted by molar-refractivity contribution is 6.11. The van der Waals surface area contributed by atoms with Crippen LogP contribution in [0.15, 0.2) is 338 Å². The molecule has 0 aliphatic carbocycles. The van der Waals surface area contributed by atoms with Gasteiger partial charge in [-0.2, -0.15) is 5.10 Å². The Labute approximate surface area is 753 Å². The number of anilines is 8. The first-order valence-electron chi connectivity index (χ1n) is 45.2. The summed E-state index contributed by atoms with van der Waals surface area (Å²) < 4.78 is 14.6. The quantitative estimate of drug-likeness (QED) is 0.110. The lowest BCUT2D eigenvalue weighted by atomic mass is 9.92. The molecular weight excluding hydrogens is 1560 g/mol. The third-order valence-corrected chi connectivity index (χ3v) is 25.7. The largest absolute Gasteiger partial charge is 0.454 e. The van der Waals surface area contributed by atoms with Crippen molar-refractivity contribution in [3.8, 4) is 5.69 Å². The van der Waals surface area contributed by atoms with Gasteiger partial charge in [0.2, 0.25) is 0 Å². The first kappa shape index (κ1) is 88.3. The molecule has 14 nitrogen and oxygen atoms in total. The van der Waals surface area contributed by atoms with Gasteiger partial charge in [0.15, 0.2) is 11.2 Å². The number of rotatable bonds is 13. The zero-order chi connectivity index (χ0) is 89.6. The Kier molecular flexibility index (Phi) is 26.8. The number of furan rings is 2. The maximum Gasteiger partial charge on any atom is 0.159 e. The van der Waals surface area contributed by atoms with Crippen LogP contribution < -0.4 is 39.2 Å². The van der Waals surface area contributed by atoms with Gasteiger partial charge in [-0.25, -0.2) is 4.68 Å². The molecule has 650 valence electrons. The minimum Gasteiger partial charge on any atom is -0.454 e. The van der Waals surface area contributed by atoms with E-state index in [9.17, 15) is 0 Å². The third kappa shape index (κ3) is 18.1. The Morgan fingerprint density at radius 1 is 0.260 bits per heavy atom. The van der Waals surface area contributed by atoms with Gasteiger partial charge >= 0.3 is 0 Å². The highest BCUT2D eigenvalue weighted by Crippen LogP contribution is 2.46. The first-order valence-corrected chi connectivity index (χ1v) is 45.2. The number of hydrogen-bond donors (Lipinski definition) is 0. The maximum absolute atomic E-state index is 6.40. The Morgan fingerprint density at radius 2 is 0.575 bits per heavy atom. The van der Waals surface area contributed by atoms with Crippen LogP contribution in [0.4, 0.5) is 45.5 Å². The molecule has 0 N–H and O–H groups in total. The maximum atomic E-state index is 6.40. The zero-order valence-electron chi connectivity index (χ0n) is 78.1. The second kappa shape index (κ2) is 38.5. The number of para-hydroxylation sites is 10. The number of hydrogen-bond acceptors (Lipinski definition) is 13. The van der Waals surface area contributed by atoms with Gasteiger partial charge in [0.1, 0.15) is 42.0 Å². The Bertz CT molecular complexity index is 6460. The number of aromatic nitrogens is 2. The van der Waals surface area contributed by atoms with Gasteiger partial charge in [-0.3, -0.25) is 0 Å². The molecule has 0 spiro atoms. The molecule has 20 rings (SSSR count). The van der Waals surface area contributed by atoms with Crippen molar-refractivity contribution in [1.29, 1.82) is 0 Å². The average molecular weight is 1680 g/mol. The van der Waals surface area contributed by atoms with Crippen molar-refractivity contribution in [3.63, 3.8) is 0 Å². The van der Waals surface area contributed by atoms with Crippen molar-refractivity contribution < 1.29 is 8.83 Å². The van der Waals surface area contributed by atoms with Crippen LogP contribution in [0.2, 0.25) is 0 Å². The number of fused-ring (bicyclic) bond motifs is 7. The van der Waals surface area contributed by atoms with Crippen LogP contribution in [0.5, 0.6) is 0 Å². The summed E-state index contributed by atoms with van der Waals surface area (Å²) in [5.41, 5.74) is 29.5. The normalized spacial score (nSPS) is 16.9. The van der Waals surface area contributed by atoms with E-state index in [0.717, 1.165) is 44.9 Å². The van der Waals surface area contributed by atoms with E-state index in [2.05, 4.69) is 474 Å². The fourth-order valence-corrected chi connectivity index (χ4v) is 18.1. The monoisotopic (exact) mass is 1680 g/mol. The van der Waals surface area contributed by atoms with E-state index in [0.29, 0.717) is 42.2 Å². The fourth-order valence-electron chi connectivity index (χ4n) is 18.1. The molecule has 0 saturated carbocycles. The van der Waals surface area contributed by atoms with Crippen LogP contribution in [0.1, 0.15) is 169 Å². The Balaban J connectivity index is 0.000000120. The number of nitrogens with zero attached hydrogens (tertiary/aromatic N) is 12. The predicted molar refractivity (Wildman–Crippen MR) is 540 cm³/mol. The van der Waals surface area contributed by atoms with Crippen LogP contribution in [0.25, 0.3) is 60.5 Å². The molecule has 5 aliphatic rings. The van der Waals surface area contributed by atoms with Crippen molar-refractivity contribution in [2.45, 2.75) is 186 Å². The summed E-state index contributed by atoms with van der Waals surface area (Å²) in [5, 5.41) is 10.3. The molecule has 0 fully saturated rings. The van der Waals surface area contributed by atoms with Crippen molar-refractivity contribution >= 4 is 100 Å². The molecule has 5 atom stereocenters. The lowest BCUT2D eigenvalue weighted by molar-refractivity contribution is 0.383. The highest BCUT2D eigenvalue weighted by Gasteiger charge is 2.34. The van der Waals surface area contributed by atoms with E-state index in [1.54, 1.807) is 0 Å². The molecule has 127 heavy (non-hydrogen) atoms. The van der Waals surface area contributed by atoms with E-state index >= 15 is 0 Å². The van der Waals surface area contributed by atoms with Gasteiger partial charge in [-0.1, -0.05) is 262 Å². The first-order chi connectivity index (χ1) is 61.3. The molecule has 0 saturated heterocycles. The summed E-state index contributed by atoms with van der Waals surface area (Å²) >= 11 is 0. The summed E-state index contributed by atoms with van der Waals surface area (Å²) in [6.07, 6.45) is 25.0. The van der Waals surface area contributed by atoms with E-state index < -0.39 is 0 Å². The SMILES string of the molecule is Cc1ccc2c(oc3ccccc32)c1N1C=CN(C)[C@@H]1C.Cc1ccc2c(oc3ccccc32)c1N1C=CN(c2c(C(C)C)cccc2C(C)C)[C@@H]1C.Cc1ccccc1-n1ncc2ccccc21.Cc1ccccc1N1C=CN(C)[C@@H]1C.Cc1ccccc1N1C=CN(c2c(C(C)C)cccc2C(C)C)[C@@H]1C.Cc1ccccc1N1C=CN(c2ccccc2)[C@@H]1C. The topological polar surface area (TPSA) is 76.5 Å². The predicted octanol–water partition coefficient (Wildman–Crippen LogP) is 29.2. The van der Waals surface area contributed by atoms with Crippen molar-refractivity contribution in [2.24, 2.45) is 0 Å². The van der Waals surface area contributed by atoms with Crippen LogP contribution in [-0.4, -0.2) is 64.5 Å². The lowest BCUT2D eigenvalue weighted by Crippen LogP contribution is -2.37. The van der Waals surface area contributed by atoms with Crippen LogP contribution >= 0.6 is 0 Å².